The van der Waals surface area contributed by atoms with Crippen LogP contribution >= 0.6 is 0 Å². The highest BCUT2D eigenvalue weighted by Crippen LogP contribution is 2.44. The smallest absolute Gasteiger partial charge is 0.244 e. The molecule has 1 N–H and O–H groups in total. The summed E-state index contributed by atoms with van der Waals surface area (Å²) in [4.78, 5) is 4.63. The topological polar surface area (TPSA) is 51.0 Å². The van der Waals surface area contributed by atoms with Gasteiger partial charge in [0.05, 0.1) is 6.04 Å². The zero-order valence-electron chi connectivity index (χ0n) is 10.1. The van der Waals surface area contributed by atoms with E-state index in [1.165, 1.54) is 38.5 Å². The minimum atomic E-state index is 0.337. The SMILES string of the molecule is C1CC(c2noc(C3NCC4CCCC43)n2)C1. The molecule has 3 fully saturated rings. The predicted molar refractivity (Wildman–Crippen MR) is 62.5 cm³/mol. The summed E-state index contributed by atoms with van der Waals surface area (Å²) < 4.78 is 5.49. The number of aromatic nitrogens is 2. The minimum Gasteiger partial charge on any atom is -0.338 e. The van der Waals surface area contributed by atoms with Crippen molar-refractivity contribution in [1.29, 1.82) is 0 Å². The average Bonchev–Trinajstić information content (AvgIpc) is 2.86. The van der Waals surface area contributed by atoms with Gasteiger partial charge in [0.1, 0.15) is 0 Å². The lowest BCUT2D eigenvalue weighted by Crippen LogP contribution is -2.18. The molecule has 0 radical (unpaired) electrons. The highest BCUT2D eigenvalue weighted by atomic mass is 16.5. The Morgan fingerprint density at radius 2 is 2.00 bits per heavy atom. The van der Waals surface area contributed by atoms with E-state index in [1.54, 1.807) is 0 Å². The molecule has 2 aliphatic carbocycles. The van der Waals surface area contributed by atoms with Crippen molar-refractivity contribution in [3.63, 3.8) is 0 Å². The molecule has 0 spiro atoms. The standard InChI is InChI=1S/C13H19N3O/c1-3-8(4-1)12-15-13(17-16-12)11-10-6-2-5-9(10)7-14-11/h8-11,14H,1-7H2. The van der Waals surface area contributed by atoms with Crippen LogP contribution in [-0.4, -0.2) is 16.7 Å². The first kappa shape index (κ1) is 10.1. The Labute approximate surface area is 101 Å². The number of nitrogens with zero attached hydrogens (tertiary/aromatic N) is 2. The molecule has 1 aromatic heterocycles. The van der Waals surface area contributed by atoms with Crippen molar-refractivity contribution in [3.05, 3.63) is 11.7 Å². The van der Waals surface area contributed by atoms with Crippen molar-refractivity contribution in [2.24, 2.45) is 11.8 Å². The number of hydrogen-bond donors (Lipinski definition) is 1. The van der Waals surface area contributed by atoms with Gasteiger partial charge in [0.25, 0.3) is 0 Å². The Kier molecular flexibility index (Phi) is 2.25. The Morgan fingerprint density at radius 3 is 2.82 bits per heavy atom. The largest absolute Gasteiger partial charge is 0.338 e. The molecule has 0 bridgehead atoms. The molecular weight excluding hydrogens is 214 g/mol. The number of fused-ring (bicyclic) bond motifs is 1. The second-order valence-electron chi connectivity index (χ2n) is 5.86. The van der Waals surface area contributed by atoms with Gasteiger partial charge in [-0.05, 0) is 44.1 Å². The molecule has 0 amide bonds. The van der Waals surface area contributed by atoms with Crippen molar-refractivity contribution in [1.82, 2.24) is 15.5 Å². The first-order valence-electron chi connectivity index (χ1n) is 6.99. The molecule has 4 nitrogen and oxygen atoms in total. The van der Waals surface area contributed by atoms with E-state index in [9.17, 15) is 0 Å². The van der Waals surface area contributed by atoms with Crippen LogP contribution in [0.4, 0.5) is 0 Å². The third-order valence-corrected chi connectivity index (χ3v) is 4.94. The highest BCUT2D eigenvalue weighted by Gasteiger charge is 2.42. The molecule has 1 saturated heterocycles. The summed E-state index contributed by atoms with van der Waals surface area (Å²) >= 11 is 0. The fraction of sp³-hybridized carbons (Fsp3) is 0.846. The van der Waals surface area contributed by atoms with Gasteiger partial charge in [0.15, 0.2) is 5.82 Å². The summed E-state index contributed by atoms with van der Waals surface area (Å²) in [6.07, 6.45) is 7.87. The summed E-state index contributed by atoms with van der Waals surface area (Å²) in [5, 5.41) is 7.74. The van der Waals surface area contributed by atoms with Gasteiger partial charge in [0.2, 0.25) is 5.89 Å². The van der Waals surface area contributed by atoms with E-state index < -0.39 is 0 Å². The van der Waals surface area contributed by atoms with Crippen LogP contribution in [0.1, 0.15) is 62.2 Å². The average molecular weight is 233 g/mol. The number of hydrogen-bond acceptors (Lipinski definition) is 4. The van der Waals surface area contributed by atoms with Crippen molar-refractivity contribution in [2.75, 3.05) is 6.54 Å². The fourth-order valence-electron chi connectivity index (χ4n) is 3.66. The van der Waals surface area contributed by atoms with E-state index in [2.05, 4.69) is 15.5 Å². The Hall–Kier alpha value is -0.900. The molecule has 4 rings (SSSR count). The molecule has 92 valence electrons. The second kappa shape index (κ2) is 3.80. The van der Waals surface area contributed by atoms with Gasteiger partial charge in [-0.2, -0.15) is 4.98 Å². The van der Waals surface area contributed by atoms with Crippen molar-refractivity contribution in [2.45, 2.75) is 50.5 Å². The summed E-state index contributed by atoms with van der Waals surface area (Å²) in [7, 11) is 0. The van der Waals surface area contributed by atoms with Gasteiger partial charge >= 0.3 is 0 Å². The van der Waals surface area contributed by atoms with Gasteiger partial charge in [-0.25, -0.2) is 0 Å². The maximum Gasteiger partial charge on any atom is 0.244 e. The molecule has 3 aliphatic rings. The van der Waals surface area contributed by atoms with Crippen molar-refractivity contribution < 1.29 is 4.52 Å². The van der Waals surface area contributed by atoms with Gasteiger partial charge < -0.3 is 9.84 Å². The quantitative estimate of drug-likeness (QED) is 0.852. The molecule has 2 heterocycles. The van der Waals surface area contributed by atoms with Crippen LogP contribution in [0.25, 0.3) is 0 Å². The second-order valence-corrected chi connectivity index (χ2v) is 5.86. The molecule has 2 saturated carbocycles. The van der Waals surface area contributed by atoms with Crippen LogP contribution < -0.4 is 5.32 Å². The first-order valence-corrected chi connectivity index (χ1v) is 6.99. The van der Waals surface area contributed by atoms with Crippen LogP contribution in [0, 0.1) is 11.8 Å². The molecule has 17 heavy (non-hydrogen) atoms. The lowest BCUT2D eigenvalue weighted by Gasteiger charge is -2.21. The number of nitrogens with one attached hydrogen (secondary N) is 1. The molecule has 0 aromatic carbocycles. The molecule has 1 aliphatic heterocycles. The summed E-state index contributed by atoms with van der Waals surface area (Å²) in [6.45, 7) is 1.14. The van der Waals surface area contributed by atoms with E-state index in [4.69, 9.17) is 4.52 Å². The fourth-order valence-corrected chi connectivity index (χ4v) is 3.66. The van der Waals surface area contributed by atoms with Gasteiger partial charge in [0, 0.05) is 5.92 Å². The first-order chi connectivity index (χ1) is 8.42. The van der Waals surface area contributed by atoms with Crippen molar-refractivity contribution >= 4 is 0 Å². The highest BCUT2D eigenvalue weighted by molar-refractivity contribution is 5.06. The molecule has 3 unspecified atom stereocenters. The van der Waals surface area contributed by atoms with Crippen molar-refractivity contribution in [3.8, 4) is 0 Å². The zero-order chi connectivity index (χ0) is 11.2. The van der Waals surface area contributed by atoms with Crippen LogP contribution in [0.3, 0.4) is 0 Å². The van der Waals surface area contributed by atoms with E-state index >= 15 is 0 Å². The third kappa shape index (κ3) is 1.53. The van der Waals surface area contributed by atoms with E-state index in [1.807, 2.05) is 0 Å². The minimum absolute atomic E-state index is 0.337. The molecular formula is C13H19N3O. The van der Waals surface area contributed by atoms with E-state index in [-0.39, 0.29) is 0 Å². The van der Waals surface area contributed by atoms with Crippen LogP contribution in [-0.2, 0) is 0 Å². The summed E-state index contributed by atoms with van der Waals surface area (Å²) in [5.41, 5.74) is 0. The Morgan fingerprint density at radius 1 is 1.12 bits per heavy atom. The summed E-state index contributed by atoms with van der Waals surface area (Å²) in [6, 6.07) is 0.337. The van der Waals surface area contributed by atoms with Crippen LogP contribution in [0.15, 0.2) is 4.52 Å². The van der Waals surface area contributed by atoms with Crippen LogP contribution in [0.2, 0.25) is 0 Å². The van der Waals surface area contributed by atoms with E-state index in [0.717, 1.165) is 30.1 Å². The maximum atomic E-state index is 5.49. The molecule has 4 heteroatoms. The monoisotopic (exact) mass is 233 g/mol. The number of rotatable bonds is 2. The third-order valence-electron chi connectivity index (χ3n) is 4.94. The zero-order valence-corrected chi connectivity index (χ0v) is 10.1. The van der Waals surface area contributed by atoms with Gasteiger partial charge in [-0.1, -0.05) is 18.0 Å². The van der Waals surface area contributed by atoms with E-state index in [0.29, 0.717) is 12.0 Å². The Bertz CT molecular complexity index is 413. The molecule has 3 atom stereocenters. The molecule has 1 aromatic rings. The normalized spacial score (nSPS) is 37.1. The lowest BCUT2D eigenvalue weighted by atomic mass is 9.85. The summed E-state index contributed by atoms with van der Waals surface area (Å²) in [5.74, 6) is 3.97. The lowest BCUT2D eigenvalue weighted by molar-refractivity contribution is 0.296. The van der Waals surface area contributed by atoms with Gasteiger partial charge in [-0.15, -0.1) is 0 Å². The van der Waals surface area contributed by atoms with Gasteiger partial charge in [-0.3, -0.25) is 0 Å². The maximum absolute atomic E-state index is 5.49. The Balaban J connectivity index is 1.55. The van der Waals surface area contributed by atoms with Crippen LogP contribution in [0.5, 0.6) is 0 Å². The predicted octanol–water partition coefficient (Wildman–Crippen LogP) is 2.40.